The zero-order valence-corrected chi connectivity index (χ0v) is 33.6. The highest BCUT2D eigenvalue weighted by atomic mass is 32.1. The molecule has 0 aliphatic carbocycles. The summed E-state index contributed by atoms with van der Waals surface area (Å²) in [5.74, 6) is 0.658. The maximum atomic E-state index is 5.54. The van der Waals surface area contributed by atoms with E-state index in [0.717, 1.165) is 49.0 Å². The number of hydrogen-bond donors (Lipinski definition) is 0. The van der Waals surface area contributed by atoms with E-state index in [9.17, 15) is 0 Å². The summed E-state index contributed by atoms with van der Waals surface area (Å²) in [5.41, 5.74) is 12.2. The zero-order valence-electron chi connectivity index (χ0n) is 32.8. The second kappa shape index (κ2) is 13.3. The van der Waals surface area contributed by atoms with Gasteiger partial charge in [0.15, 0.2) is 0 Å². The average molecular weight is 795 g/mol. The molecule has 4 aromatic heterocycles. The molecule has 0 N–H and O–H groups in total. The minimum absolute atomic E-state index is 0.658. The van der Waals surface area contributed by atoms with Gasteiger partial charge in [-0.3, -0.25) is 4.57 Å². The number of nitrogens with zero attached hydrogens (tertiary/aromatic N) is 4. The van der Waals surface area contributed by atoms with Gasteiger partial charge in [-0.1, -0.05) is 164 Å². The van der Waals surface area contributed by atoms with Crippen LogP contribution in [0.15, 0.2) is 206 Å². The summed E-state index contributed by atoms with van der Waals surface area (Å²) in [5, 5.41) is 9.61. The van der Waals surface area contributed by atoms with E-state index < -0.39 is 0 Å². The topological polar surface area (TPSA) is 35.6 Å². The molecule has 0 aliphatic heterocycles. The fourth-order valence-corrected chi connectivity index (χ4v) is 10.8. The maximum Gasteiger partial charge on any atom is 0.235 e. The lowest BCUT2D eigenvalue weighted by atomic mass is 9.97. The van der Waals surface area contributed by atoms with Gasteiger partial charge in [0.2, 0.25) is 5.95 Å². The fourth-order valence-electron chi connectivity index (χ4n) is 9.65. The van der Waals surface area contributed by atoms with Crippen LogP contribution in [-0.2, 0) is 0 Å². The summed E-state index contributed by atoms with van der Waals surface area (Å²) in [6.45, 7) is 0. The van der Waals surface area contributed by atoms with Gasteiger partial charge in [0.25, 0.3) is 0 Å². The monoisotopic (exact) mass is 794 g/mol. The van der Waals surface area contributed by atoms with Gasteiger partial charge in [-0.05, 0) is 75.3 Å². The van der Waals surface area contributed by atoms with Gasteiger partial charge < -0.3 is 4.57 Å². The van der Waals surface area contributed by atoms with Crippen molar-refractivity contribution in [1.82, 2.24) is 19.1 Å². The molecule has 5 heteroatoms. The Morgan fingerprint density at radius 3 is 1.90 bits per heavy atom. The molecule has 4 heterocycles. The summed E-state index contributed by atoms with van der Waals surface area (Å²) in [6, 6.07) is 74.3. The number of para-hydroxylation sites is 2. The van der Waals surface area contributed by atoms with Gasteiger partial charge >= 0.3 is 0 Å². The Labute approximate surface area is 354 Å². The van der Waals surface area contributed by atoms with Crippen LogP contribution in [0.2, 0.25) is 0 Å². The van der Waals surface area contributed by atoms with Crippen molar-refractivity contribution in [1.29, 1.82) is 0 Å². The Hall–Kier alpha value is -7.86. The van der Waals surface area contributed by atoms with E-state index in [0.29, 0.717) is 5.95 Å². The second-order valence-electron chi connectivity index (χ2n) is 15.7. The van der Waals surface area contributed by atoms with Gasteiger partial charge in [0.1, 0.15) is 0 Å². The third-order valence-corrected chi connectivity index (χ3v) is 13.5. The van der Waals surface area contributed by atoms with Crippen molar-refractivity contribution >= 4 is 86.7 Å². The Morgan fingerprint density at radius 1 is 0.393 bits per heavy atom. The number of benzene rings is 9. The number of aromatic nitrogens is 4. The first-order valence-corrected chi connectivity index (χ1v) is 21.5. The molecule has 0 aliphatic rings. The smallest absolute Gasteiger partial charge is 0.235 e. The van der Waals surface area contributed by atoms with E-state index in [1.807, 2.05) is 0 Å². The highest BCUT2D eigenvalue weighted by Crippen LogP contribution is 2.44. The Kier molecular flexibility index (Phi) is 7.44. The Bertz CT molecular complexity index is 3870. The van der Waals surface area contributed by atoms with Crippen LogP contribution in [0, 0.1) is 0 Å². The molecule has 0 atom stereocenters. The second-order valence-corrected chi connectivity index (χ2v) is 16.8. The first-order chi connectivity index (χ1) is 30.3. The lowest BCUT2D eigenvalue weighted by molar-refractivity contribution is 1.02. The Balaban J connectivity index is 1.09. The van der Waals surface area contributed by atoms with Crippen molar-refractivity contribution in [3.05, 3.63) is 206 Å². The molecule has 0 fully saturated rings. The number of rotatable bonds is 5. The summed E-state index contributed by atoms with van der Waals surface area (Å²) in [7, 11) is 0. The predicted octanol–water partition coefficient (Wildman–Crippen LogP) is 15.2. The molecule has 9 aromatic carbocycles. The molecular formula is C56H34N4S. The number of fused-ring (bicyclic) bond motifs is 10. The van der Waals surface area contributed by atoms with Crippen LogP contribution in [0.5, 0.6) is 0 Å². The highest BCUT2D eigenvalue weighted by Gasteiger charge is 2.23. The van der Waals surface area contributed by atoms with Crippen LogP contribution in [0.4, 0.5) is 0 Å². The molecule has 4 nitrogen and oxygen atoms in total. The summed E-state index contributed by atoms with van der Waals surface area (Å²) in [4.78, 5) is 12.2. The first-order valence-electron chi connectivity index (χ1n) is 20.7. The molecule has 284 valence electrons. The molecule has 0 bridgehead atoms. The van der Waals surface area contributed by atoms with Crippen LogP contribution in [0.3, 0.4) is 0 Å². The summed E-state index contributed by atoms with van der Waals surface area (Å²) < 4.78 is 5.77. The normalized spacial score (nSPS) is 11.9. The molecule has 0 saturated carbocycles. The van der Waals surface area contributed by atoms with Crippen LogP contribution in [0.25, 0.3) is 120 Å². The largest absolute Gasteiger partial charge is 0.309 e. The van der Waals surface area contributed by atoms with Crippen molar-refractivity contribution in [3.63, 3.8) is 0 Å². The van der Waals surface area contributed by atoms with Crippen LogP contribution in [-0.4, -0.2) is 19.1 Å². The molecule has 13 rings (SSSR count). The van der Waals surface area contributed by atoms with Gasteiger partial charge in [-0.25, -0.2) is 9.97 Å². The van der Waals surface area contributed by atoms with Gasteiger partial charge in [0, 0.05) is 43.1 Å². The molecule has 0 unspecified atom stereocenters. The van der Waals surface area contributed by atoms with Crippen LogP contribution in [0.1, 0.15) is 0 Å². The molecule has 0 radical (unpaired) electrons. The Morgan fingerprint density at radius 2 is 1.05 bits per heavy atom. The quantitative estimate of drug-likeness (QED) is 0.174. The van der Waals surface area contributed by atoms with E-state index in [2.05, 4.69) is 215 Å². The SMILES string of the molecule is c1ccc(-c2nc(-n3c4ccc(-c5cccc6c5c5ccccc5n6-c5ccccc5)cc4c4ccc5ccccc5c43)nc3cc(-c4cccc5ccccc45)sc23)cc1. The molecule has 13 aromatic rings. The third-order valence-electron chi connectivity index (χ3n) is 12.3. The van der Waals surface area contributed by atoms with Crippen molar-refractivity contribution in [2.75, 3.05) is 0 Å². The summed E-state index contributed by atoms with van der Waals surface area (Å²) >= 11 is 1.77. The van der Waals surface area contributed by atoms with Gasteiger partial charge in [-0.15, -0.1) is 11.3 Å². The van der Waals surface area contributed by atoms with Gasteiger partial charge in [-0.2, -0.15) is 0 Å². The molecular weight excluding hydrogens is 761 g/mol. The van der Waals surface area contributed by atoms with Gasteiger partial charge in [0.05, 0.1) is 38.0 Å². The number of thiophene rings is 1. The van der Waals surface area contributed by atoms with E-state index in [-0.39, 0.29) is 0 Å². The minimum atomic E-state index is 0.658. The molecule has 0 spiro atoms. The summed E-state index contributed by atoms with van der Waals surface area (Å²) in [6.07, 6.45) is 0. The molecule has 0 amide bonds. The highest BCUT2D eigenvalue weighted by molar-refractivity contribution is 7.22. The predicted molar refractivity (Wildman–Crippen MR) is 257 cm³/mol. The van der Waals surface area contributed by atoms with E-state index in [4.69, 9.17) is 9.97 Å². The lowest BCUT2D eigenvalue weighted by Gasteiger charge is -2.11. The van der Waals surface area contributed by atoms with Crippen molar-refractivity contribution in [2.45, 2.75) is 0 Å². The number of hydrogen-bond acceptors (Lipinski definition) is 3. The standard InChI is InChI=1S/C56H34N4S/c1-3-17-37(18-4-1)53-55-47(34-51(61-55)43-26-13-19-35-15-7-9-22-40(35)43)57-56(58-53)60-49-32-30-38(33-46(49)44-31-29-36-16-8-10-23-42(36)54(44)60)41-25-14-28-50-52(41)45-24-11-12-27-48(45)59(50)39-20-5-2-6-21-39/h1-34H. The van der Waals surface area contributed by atoms with Crippen molar-refractivity contribution in [2.24, 2.45) is 0 Å². The average Bonchev–Trinajstić information content (AvgIpc) is 4.02. The molecule has 0 saturated heterocycles. The molecule has 61 heavy (non-hydrogen) atoms. The maximum absolute atomic E-state index is 5.54. The van der Waals surface area contributed by atoms with Crippen LogP contribution < -0.4 is 0 Å². The first kappa shape index (κ1) is 34.0. The van der Waals surface area contributed by atoms with E-state index >= 15 is 0 Å². The van der Waals surface area contributed by atoms with E-state index in [1.54, 1.807) is 11.3 Å². The van der Waals surface area contributed by atoms with Crippen molar-refractivity contribution < 1.29 is 0 Å². The minimum Gasteiger partial charge on any atom is -0.309 e. The van der Waals surface area contributed by atoms with Crippen LogP contribution >= 0.6 is 11.3 Å². The van der Waals surface area contributed by atoms with E-state index in [1.165, 1.54) is 64.9 Å². The lowest BCUT2D eigenvalue weighted by Crippen LogP contribution is -2.03. The van der Waals surface area contributed by atoms with Crippen molar-refractivity contribution in [3.8, 4) is 44.5 Å². The zero-order chi connectivity index (χ0) is 40.0. The fraction of sp³-hybridized carbons (Fsp3) is 0. The third kappa shape index (κ3) is 5.18.